The van der Waals surface area contributed by atoms with Gasteiger partial charge in [-0.15, -0.1) is 0 Å². The van der Waals surface area contributed by atoms with Gasteiger partial charge in [-0.3, -0.25) is 5.32 Å². The highest BCUT2D eigenvalue weighted by atomic mass is 16.6. The highest BCUT2D eigenvalue weighted by Crippen LogP contribution is 2.31. The summed E-state index contributed by atoms with van der Waals surface area (Å²) in [6.07, 6.45) is -0.402. The summed E-state index contributed by atoms with van der Waals surface area (Å²) >= 11 is 0. The quantitative estimate of drug-likeness (QED) is 0.892. The van der Waals surface area contributed by atoms with Crippen LogP contribution < -0.4 is 20.1 Å². The van der Waals surface area contributed by atoms with Gasteiger partial charge in [-0.05, 0) is 32.9 Å². The van der Waals surface area contributed by atoms with Crippen molar-refractivity contribution in [2.45, 2.75) is 32.5 Å². The fourth-order valence-corrected chi connectivity index (χ4v) is 1.77. The summed E-state index contributed by atoms with van der Waals surface area (Å²) in [6.45, 7) is 7.04. The molecule has 0 unspecified atom stereocenters. The van der Waals surface area contributed by atoms with Crippen LogP contribution in [0.4, 0.5) is 10.5 Å². The van der Waals surface area contributed by atoms with Crippen LogP contribution in [0.1, 0.15) is 20.8 Å². The second-order valence-corrected chi connectivity index (χ2v) is 5.89. The van der Waals surface area contributed by atoms with Crippen molar-refractivity contribution in [1.29, 1.82) is 0 Å². The number of carbonyl (C=O) groups excluding carboxylic acids is 1. The van der Waals surface area contributed by atoms with E-state index in [1.54, 1.807) is 25.3 Å². The van der Waals surface area contributed by atoms with Gasteiger partial charge >= 0.3 is 6.09 Å². The fourth-order valence-electron chi connectivity index (χ4n) is 1.77. The molecule has 0 aromatic heterocycles. The van der Waals surface area contributed by atoms with Crippen LogP contribution in [-0.2, 0) is 4.74 Å². The Morgan fingerprint density at radius 3 is 2.57 bits per heavy atom. The average Bonchev–Trinajstić information content (AvgIpc) is 2.33. The molecule has 2 N–H and O–H groups in total. The van der Waals surface area contributed by atoms with Gasteiger partial charge in [-0.1, -0.05) is 0 Å². The van der Waals surface area contributed by atoms with E-state index >= 15 is 0 Å². The van der Waals surface area contributed by atoms with Gasteiger partial charge in [0.2, 0.25) is 0 Å². The topological polar surface area (TPSA) is 68.8 Å². The molecule has 0 bridgehead atoms. The van der Waals surface area contributed by atoms with Crippen molar-refractivity contribution in [2.75, 3.05) is 25.5 Å². The molecule has 2 rings (SSSR count). The Balaban J connectivity index is 2.11. The van der Waals surface area contributed by atoms with Crippen molar-refractivity contribution in [1.82, 2.24) is 5.32 Å². The molecule has 1 fully saturated rings. The van der Waals surface area contributed by atoms with Gasteiger partial charge in [0, 0.05) is 19.2 Å². The largest absolute Gasteiger partial charge is 0.497 e. The second-order valence-electron chi connectivity index (χ2n) is 5.89. The standard InChI is InChI=1S/C15H22N2O4/c1-15(2,3)21-14(18)17-12-6-5-10(19-4)7-13(12)20-11-8-16-9-11/h5-7,11,16H,8-9H2,1-4H3,(H,17,18). The third-order valence-electron chi connectivity index (χ3n) is 2.86. The van der Waals surface area contributed by atoms with Crippen molar-refractivity contribution in [3.8, 4) is 11.5 Å². The number of hydrogen-bond donors (Lipinski definition) is 2. The van der Waals surface area contributed by atoms with E-state index < -0.39 is 11.7 Å². The van der Waals surface area contributed by atoms with Crippen molar-refractivity contribution < 1.29 is 19.0 Å². The molecular weight excluding hydrogens is 272 g/mol. The highest BCUT2D eigenvalue weighted by molar-refractivity contribution is 5.87. The van der Waals surface area contributed by atoms with E-state index in [9.17, 15) is 4.79 Å². The molecule has 6 heteroatoms. The van der Waals surface area contributed by atoms with Crippen LogP contribution in [0.2, 0.25) is 0 Å². The van der Waals surface area contributed by atoms with Gasteiger partial charge in [0.25, 0.3) is 0 Å². The molecule has 0 radical (unpaired) electrons. The van der Waals surface area contributed by atoms with Crippen molar-refractivity contribution >= 4 is 11.8 Å². The fraction of sp³-hybridized carbons (Fsp3) is 0.533. The summed E-state index contributed by atoms with van der Waals surface area (Å²) in [5, 5.41) is 5.84. The highest BCUT2D eigenvalue weighted by Gasteiger charge is 2.22. The minimum atomic E-state index is -0.546. The van der Waals surface area contributed by atoms with E-state index in [0.29, 0.717) is 17.2 Å². The predicted octanol–water partition coefficient (Wildman–Crippen LogP) is 2.39. The van der Waals surface area contributed by atoms with Crippen molar-refractivity contribution in [2.24, 2.45) is 0 Å². The zero-order valence-corrected chi connectivity index (χ0v) is 12.9. The number of benzene rings is 1. The molecule has 6 nitrogen and oxygen atoms in total. The van der Waals surface area contributed by atoms with Gasteiger partial charge in [-0.25, -0.2) is 4.79 Å². The number of hydrogen-bond acceptors (Lipinski definition) is 5. The zero-order chi connectivity index (χ0) is 15.5. The predicted molar refractivity (Wildman–Crippen MR) is 80.1 cm³/mol. The number of nitrogens with one attached hydrogen (secondary N) is 2. The summed E-state index contributed by atoms with van der Waals surface area (Å²) in [5.41, 5.74) is 0.0205. The number of carbonyl (C=O) groups is 1. The molecular formula is C15H22N2O4. The Morgan fingerprint density at radius 1 is 1.33 bits per heavy atom. The Kier molecular flexibility index (Phi) is 4.57. The number of rotatable bonds is 4. The molecule has 116 valence electrons. The molecule has 0 aliphatic carbocycles. The number of ether oxygens (including phenoxy) is 3. The summed E-state index contributed by atoms with van der Waals surface area (Å²) in [5.74, 6) is 1.25. The average molecular weight is 294 g/mol. The van der Waals surface area contributed by atoms with Crippen LogP contribution in [0.25, 0.3) is 0 Å². The molecule has 0 saturated carbocycles. The Labute approximate surface area is 124 Å². The summed E-state index contributed by atoms with van der Waals surface area (Å²) in [6, 6.07) is 5.26. The maximum Gasteiger partial charge on any atom is 0.412 e. The van der Waals surface area contributed by atoms with Crippen LogP contribution in [0.15, 0.2) is 18.2 Å². The van der Waals surface area contributed by atoms with Gasteiger partial charge in [0.1, 0.15) is 23.2 Å². The molecule has 1 amide bonds. The van der Waals surface area contributed by atoms with E-state index in [0.717, 1.165) is 13.1 Å². The second kappa shape index (κ2) is 6.22. The lowest BCUT2D eigenvalue weighted by atomic mass is 10.2. The van der Waals surface area contributed by atoms with Gasteiger partial charge in [0.15, 0.2) is 0 Å². The molecule has 21 heavy (non-hydrogen) atoms. The van der Waals surface area contributed by atoms with Gasteiger partial charge < -0.3 is 19.5 Å². The smallest absolute Gasteiger partial charge is 0.412 e. The molecule has 1 heterocycles. The lowest BCUT2D eigenvalue weighted by molar-refractivity contribution is 0.0634. The van der Waals surface area contributed by atoms with Crippen LogP contribution in [0.3, 0.4) is 0 Å². The van der Waals surface area contributed by atoms with Gasteiger partial charge in [-0.2, -0.15) is 0 Å². The van der Waals surface area contributed by atoms with E-state index in [4.69, 9.17) is 14.2 Å². The van der Waals surface area contributed by atoms with Crippen LogP contribution in [-0.4, -0.2) is 38.0 Å². The zero-order valence-electron chi connectivity index (χ0n) is 12.9. The molecule has 1 aliphatic rings. The summed E-state index contributed by atoms with van der Waals surface area (Å²) in [4.78, 5) is 11.9. The summed E-state index contributed by atoms with van der Waals surface area (Å²) in [7, 11) is 1.59. The molecule has 0 atom stereocenters. The van der Waals surface area contributed by atoms with E-state index in [1.165, 1.54) is 0 Å². The van der Waals surface area contributed by atoms with Gasteiger partial charge in [0.05, 0.1) is 12.8 Å². The Hall–Kier alpha value is -1.95. The van der Waals surface area contributed by atoms with Crippen molar-refractivity contribution in [3.05, 3.63) is 18.2 Å². The first-order valence-corrected chi connectivity index (χ1v) is 6.93. The lowest BCUT2D eigenvalue weighted by Crippen LogP contribution is -2.50. The molecule has 1 saturated heterocycles. The van der Waals surface area contributed by atoms with E-state index in [1.807, 2.05) is 20.8 Å². The third-order valence-corrected chi connectivity index (χ3v) is 2.86. The first-order valence-electron chi connectivity index (χ1n) is 6.93. The maximum absolute atomic E-state index is 11.9. The van der Waals surface area contributed by atoms with E-state index in [-0.39, 0.29) is 6.10 Å². The normalized spacial score (nSPS) is 15.0. The van der Waals surface area contributed by atoms with Crippen LogP contribution >= 0.6 is 0 Å². The molecule has 1 aromatic carbocycles. The number of methoxy groups -OCH3 is 1. The first-order chi connectivity index (χ1) is 9.87. The number of anilines is 1. The Bertz CT molecular complexity index is 507. The first kappa shape index (κ1) is 15.4. The molecule has 0 spiro atoms. The maximum atomic E-state index is 11.9. The SMILES string of the molecule is COc1ccc(NC(=O)OC(C)(C)C)c(OC2CNC2)c1. The van der Waals surface area contributed by atoms with Crippen LogP contribution in [0, 0.1) is 0 Å². The molecule has 1 aliphatic heterocycles. The molecule has 1 aromatic rings. The Morgan fingerprint density at radius 2 is 2.05 bits per heavy atom. The number of amides is 1. The third kappa shape index (κ3) is 4.53. The summed E-state index contributed by atoms with van der Waals surface area (Å²) < 4.78 is 16.3. The van der Waals surface area contributed by atoms with Crippen LogP contribution in [0.5, 0.6) is 11.5 Å². The lowest BCUT2D eigenvalue weighted by Gasteiger charge is -2.29. The minimum Gasteiger partial charge on any atom is -0.497 e. The van der Waals surface area contributed by atoms with E-state index in [2.05, 4.69) is 10.6 Å². The minimum absolute atomic E-state index is 0.108. The van der Waals surface area contributed by atoms with Crippen molar-refractivity contribution in [3.63, 3.8) is 0 Å². The monoisotopic (exact) mass is 294 g/mol.